The van der Waals surface area contributed by atoms with Crippen molar-refractivity contribution in [2.45, 2.75) is 6.54 Å². The van der Waals surface area contributed by atoms with Crippen LogP contribution in [0.4, 0.5) is 5.95 Å². The van der Waals surface area contributed by atoms with Crippen molar-refractivity contribution in [3.05, 3.63) is 41.9 Å². The van der Waals surface area contributed by atoms with Crippen LogP contribution in [-0.4, -0.2) is 45.8 Å². The lowest BCUT2D eigenvalue weighted by atomic mass is 10.1. The second kappa shape index (κ2) is 5.92. The quantitative estimate of drug-likeness (QED) is 0.799. The maximum atomic E-state index is 5.11. The summed E-state index contributed by atoms with van der Waals surface area (Å²) < 4.78 is 1.97. The van der Waals surface area contributed by atoms with Crippen molar-refractivity contribution < 1.29 is 9.78 Å². The number of fused-ring (bicyclic) bond motifs is 1. The molecule has 3 heterocycles. The van der Waals surface area contributed by atoms with Crippen molar-refractivity contribution in [2.75, 3.05) is 31.1 Å². The van der Waals surface area contributed by atoms with Gasteiger partial charge in [0.2, 0.25) is 5.95 Å². The van der Waals surface area contributed by atoms with E-state index in [-0.39, 0.29) is 0 Å². The van der Waals surface area contributed by atoms with Gasteiger partial charge in [0.1, 0.15) is 12.6 Å². The number of hydrogen-bond acceptors (Lipinski definition) is 6. The van der Waals surface area contributed by atoms with E-state index in [2.05, 4.69) is 32.1 Å². The van der Waals surface area contributed by atoms with Gasteiger partial charge in [-0.05, 0) is 23.8 Å². The lowest BCUT2D eigenvalue weighted by molar-refractivity contribution is -0.151. The van der Waals surface area contributed by atoms with E-state index in [1.165, 1.54) is 5.56 Å². The number of aryl methyl sites for hydroxylation is 1. The summed E-state index contributed by atoms with van der Waals surface area (Å²) in [5.74, 6) is 1.71. The van der Waals surface area contributed by atoms with E-state index < -0.39 is 0 Å². The maximum Gasteiger partial charge on any atom is 0.226 e. The normalized spacial score (nSPS) is 17.5. The molecule has 7 nitrogen and oxygen atoms in total. The van der Waals surface area contributed by atoms with Gasteiger partial charge in [-0.3, -0.25) is 14.7 Å². The van der Waals surface area contributed by atoms with Crippen LogP contribution >= 0.6 is 0 Å². The number of rotatable bonds is 3. The van der Waals surface area contributed by atoms with Gasteiger partial charge in [-0.25, -0.2) is 0 Å². The van der Waals surface area contributed by atoms with Crippen molar-refractivity contribution in [3.8, 4) is 5.75 Å². The number of anilines is 1. The zero-order valence-electron chi connectivity index (χ0n) is 13.1. The SMILES string of the molecule is Cn1cnnc1N1CCN(Cc2ccc3c(c2)C=COO3)CC1. The van der Waals surface area contributed by atoms with E-state index in [1.54, 1.807) is 12.6 Å². The van der Waals surface area contributed by atoms with Crippen LogP contribution in [0.15, 0.2) is 30.8 Å². The molecule has 4 rings (SSSR count). The van der Waals surface area contributed by atoms with Gasteiger partial charge in [0.05, 0.1) is 0 Å². The van der Waals surface area contributed by atoms with Crippen LogP contribution in [0.5, 0.6) is 5.75 Å². The lowest BCUT2D eigenvalue weighted by Crippen LogP contribution is -2.46. The van der Waals surface area contributed by atoms with Gasteiger partial charge in [0.25, 0.3) is 0 Å². The number of piperazine rings is 1. The molecule has 2 aliphatic rings. The molecule has 1 aromatic heterocycles. The van der Waals surface area contributed by atoms with Crippen molar-refractivity contribution >= 4 is 12.0 Å². The van der Waals surface area contributed by atoms with Crippen molar-refractivity contribution in [3.63, 3.8) is 0 Å². The zero-order chi connectivity index (χ0) is 15.6. The highest BCUT2D eigenvalue weighted by Gasteiger charge is 2.20. The topological polar surface area (TPSA) is 55.7 Å². The van der Waals surface area contributed by atoms with E-state index in [0.717, 1.165) is 50.0 Å². The Bertz CT molecular complexity index is 719. The summed E-state index contributed by atoms with van der Waals surface area (Å²) in [7, 11) is 1.98. The first kappa shape index (κ1) is 14.1. The molecule has 0 bridgehead atoms. The largest absolute Gasteiger partial charge is 0.338 e. The molecule has 2 aromatic rings. The second-order valence-corrected chi connectivity index (χ2v) is 5.86. The van der Waals surface area contributed by atoms with Gasteiger partial charge in [-0.1, -0.05) is 6.07 Å². The van der Waals surface area contributed by atoms with E-state index in [4.69, 9.17) is 9.78 Å². The third kappa shape index (κ3) is 2.87. The summed E-state index contributed by atoms with van der Waals surface area (Å²) in [4.78, 5) is 14.7. The average molecular weight is 313 g/mol. The van der Waals surface area contributed by atoms with Gasteiger partial charge in [0.15, 0.2) is 5.75 Å². The maximum absolute atomic E-state index is 5.11. The van der Waals surface area contributed by atoms with E-state index in [0.29, 0.717) is 0 Å². The minimum Gasteiger partial charge on any atom is -0.338 e. The highest BCUT2D eigenvalue weighted by atomic mass is 17.2. The Morgan fingerprint density at radius 2 is 2.04 bits per heavy atom. The molecule has 120 valence electrons. The number of hydrogen-bond donors (Lipinski definition) is 0. The first-order valence-corrected chi connectivity index (χ1v) is 7.74. The predicted molar refractivity (Wildman–Crippen MR) is 85.7 cm³/mol. The van der Waals surface area contributed by atoms with Crippen LogP contribution in [0.1, 0.15) is 11.1 Å². The highest BCUT2D eigenvalue weighted by molar-refractivity contribution is 5.58. The molecule has 0 atom stereocenters. The van der Waals surface area contributed by atoms with E-state index in [1.807, 2.05) is 23.8 Å². The van der Waals surface area contributed by atoms with Crippen LogP contribution in [0.3, 0.4) is 0 Å². The molecule has 1 aromatic carbocycles. The molecule has 0 aliphatic carbocycles. The summed E-state index contributed by atoms with van der Waals surface area (Å²) in [6.45, 7) is 4.90. The fraction of sp³-hybridized carbons (Fsp3) is 0.375. The third-order valence-electron chi connectivity index (χ3n) is 4.26. The molecule has 1 fully saturated rings. The minimum atomic E-state index is 0.767. The lowest BCUT2D eigenvalue weighted by Gasteiger charge is -2.35. The molecular formula is C16H19N5O2. The van der Waals surface area contributed by atoms with Gasteiger partial charge >= 0.3 is 0 Å². The van der Waals surface area contributed by atoms with Gasteiger partial charge in [-0.2, -0.15) is 0 Å². The number of benzene rings is 1. The van der Waals surface area contributed by atoms with Gasteiger partial charge in [-0.15, -0.1) is 10.2 Å². The summed E-state index contributed by atoms with van der Waals surface area (Å²) >= 11 is 0. The van der Waals surface area contributed by atoms with E-state index in [9.17, 15) is 0 Å². The summed E-state index contributed by atoms with van der Waals surface area (Å²) in [5, 5.41) is 8.14. The van der Waals surface area contributed by atoms with Crippen LogP contribution in [-0.2, 0) is 18.5 Å². The average Bonchev–Trinajstić information content (AvgIpc) is 3.02. The smallest absolute Gasteiger partial charge is 0.226 e. The van der Waals surface area contributed by atoms with Crippen molar-refractivity contribution in [2.24, 2.45) is 7.05 Å². The standard InChI is InChI=1S/C16H19N5O2/c1-19-12-17-18-16(19)21-7-5-20(6-8-21)11-13-2-3-15-14(10-13)4-9-22-23-15/h2-4,9-10,12H,5-8,11H2,1H3. The molecule has 23 heavy (non-hydrogen) atoms. The molecule has 1 saturated heterocycles. The van der Waals surface area contributed by atoms with Gasteiger partial charge in [0, 0.05) is 45.3 Å². The molecular weight excluding hydrogens is 294 g/mol. The van der Waals surface area contributed by atoms with Crippen LogP contribution in [0.25, 0.3) is 6.08 Å². The second-order valence-electron chi connectivity index (χ2n) is 5.86. The molecule has 0 radical (unpaired) electrons. The third-order valence-corrected chi connectivity index (χ3v) is 4.26. The molecule has 7 heteroatoms. The van der Waals surface area contributed by atoms with Crippen molar-refractivity contribution in [1.29, 1.82) is 0 Å². The number of aromatic nitrogens is 3. The molecule has 0 saturated carbocycles. The van der Waals surface area contributed by atoms with Crippen LogP contribution in [0.2, 0.25) is 0 Å². The molecule has 0 amide bonds. The summed E-state index contributed by atoms with van der Waals surface area (Å²) in [6, 6.07) is 6.21. The van der Waals surface area contributed by atoms with E-state index >= 15 is 0 Å². The first-order valence-electron chi connectivity index (χ1n) is 7.74. The molecule has 0 unspecified atom stereocenters. The van der Waals surface area contributed by atoms with Crippen LogP contribution in [0, 0.1) is 0 Å². The molecule has 0 spiro atoms. The van der Waals surface area contributed by atoms with Gasteiger partial charge < -0.3 is 9.47 Å². The number of nitrogens with zero attached hydrogens (tertiary/aromatic N) is 5. The Labute approximate surface area is 134 Å². The fourth-order valence-electron chi connectivity index (χ4n) is 3.01. The minimum absolute atomic E-state index is 0.767. The molecule has 0 N–H and O–H groups in total. The fourth-order valence-corrected chi connectivity index (χ4v) is 3.01. The Morgan fingerprint density at radius 1 is 1.17 bits per heavy atom. The Hall–Kier alpha value is -2.54. The predicted octanol–water partition coefficient (Wildman–Crippen LogP) is 1.43. The Balaban J connectivity index is 1.38. The Morgan fingerprint density at radius 3 is 2.83 bits per heavy atom. The Kier molecular flexibility index (Phi) is 3.63. The first-order chi connectivity index (χ1) is 11.3. The highest BCUT2D eigenvalue weighted by Crippen LogP contribution is 2.26. The zero-order valence-corrected chi connectivity index (χ0v) is 13.1. The monoisotopic (exact) mass is 313 g/mol. The summed E-state index contributed by atoms with van der Waals surface area (Å²) in [6.07, 6.45) is 5.23. The molecule has 2 aliphatic heterocycles. The van der Waals surface area contributed by atoms with Crippen molar-refractivity contribution in [1.82, 2.24) is 19.7 Å². The summed E-state index contributed by atoms with van der Waals surface area (Å²) in [5.41, 5.74) is 2.34. The van der Waals surface area contributed by atoms with Crippen LogP contribution < -0.4 is 9.79 Å².